The topological polar surface area (TPSA) is 163 Å². The van der Waals surface area contributed by atoms with Crippen LogP contribution in [0, 0.1) is 0 Å². The Kier molecular flexibility index (Phi) is 9.28. The molecule has 0 aliphatic heterocycles. The average Bonchev–Trinajstić information content (AvgIpc) is 2.58. The first-order valence-electron chi connectivity index (χ1n) is 10.1. The van der Waals surface area contributed by atoms with Gasteiger partial charge in [0.15, 0.2) is 0 Å². The van der Waals surface area contributed by atoms with Crippen molar-refractivity contribution in [2.75, 3.05) is 41.8 Å². The van der Waals surface area contributed by atoms with Gasteiger partial charge in [0.25, 0.3) is 5.91 Å². The van der Waals surface area contributed by atoms with E-state index in [1.807, 2.05) is 0 Å². The lowest BCUT2D eigenvalue weighted by Gasteiger charge is -2.28. The molecule has 0 radical (unpaired) electrons. The lowest BCUT2D eigenvalue weighted by atomic mass is 10.1. The summed E-state index contributed by atoms with van der Waals surface area (Å²) in [7, 11) is 0. The van der Waals surface area contributed by atoms with E-state index in [0.29, 0.717) is 5.69 Å². The van der Waals surface area contributed by atoms with Crippen LogP contribution in [-0.2, 0) is 9.47 Å². The van der Waals surface area contributed by atoms with Gasteiger partial charge in [-0.2, -0.15) is 0 Å². The summed E-state index contributed by atoms with van der Waals surface area (Å²) in [4.78, 5) is 38.3. The summed E-state index contributed by atoms with van der Waals surface area (Å²) in [5.74, 6) is -0.839. The van der Waals surface area contributed by atoms with Crippen LogP contribution < -0.4 is 21.3 Å². The fraction of sp³-hybridized carbons (Fsp3) is 0.571. The highest BCUT2D eigenvalue weighted by molar-refractivity contribution is 6.05. The molecule has 0 saturated carbocycles. The molecule has 0 atom stereocenters. The molecule has 0 fully saturated rings. The molecule has 0 bridgehead atoms. The van der Waals surface area contributed by atoms with E-state index in [1.54, 1.807) is 46.4 Å². The van der Waals surface area contributed by atoms with Gasteiger partial charge in [-0.15, -0.1) is 0 Å². The van der Waals surface area contributed by atoms with Crippen LogP contribution in [0.4, 0.5) is 26.7 Å². The molecule has 0 heterocycles. The van der Waals surface area contributed by atoms with Crippen molar-refractivity contribution in [3.63, 3.8) is 0 Å². The number of nitrogens with zero attached hydrogens (tertiary/aromatic N) is 1. The number of ether oxygens (including phenoxy) is 2. The highest BCUT2D eigenvalue weighted by atomic mass is 16.6. The van der Waals surface area contributed by atoms with Gasteiger partial charge < -0.3 is 30.3 Å². The maximum absolute atomic E-state index is 12.4. The molecule has 11 nitrogen and oxygen atoms in total. The van der Waals surface area contributed by atoms with Gasteiger partial charge in [-0.3, -0.25) is 15.4 Å². The second kappa shape index (κ2) is 11.0. The number of primary amides is 1. The predicted octanol–water partition coefficient (Wildman–Crippen LogP) is 2.27. The Morgan fingerprint density at radius 3 is 1.69 bits per heavy atom. The van der Waals surface area contributed by atoms with Gasteiger partial charge in [0, 0.05) is 13.1 Å². The van der Waals surface area contributed by atoms with Gasteiger partial charge in [-0.1, -0.05) is 0 Å². The number of rotatable bonds is 8. The molecule has 1 rings (SSSR count). The monoisotopic (exact) mass is 454 g/mol. The summed E-state index contributed by atoms with van der Waals surface area (Å²) in [6.45, 7) is 9.83. The van der Waals surface area contributed by atoms with Crippen molar-refractivity contribution in [3.8, 4) is 0 Å². The largest absolute Gasteiger partial charge is 0.444 e. The Labute approximate surface area is 187 Å². The van der Waals surface area contributed by atoms with Crippen molar-refractivity contribution in [3.05, 3.63) is 17.7 Å². The molecule has 1 aromatic rings. The maximum atomic E-state index is 12.4. The minimum atomic E-state index is -0.839. The van der Waals surface area contributed by atoms with Crippen LogP contribution in [-0.4, -0.2) is 65.8 Å². The Morgan fingerprint density at radius 1 is 0.875 bits per heavy atom. The first-order valence-corrected chi connectivity index (χ1v) is 10.1. The number of nitrogens with two attached hydrogens (primary N) is 1. The van der Waals surface area contributed by atoms with Gasteiger partial charge in [0.2, 0.25) is 0 Å². The molecule has 0 spiro atoms. The van der Waals surface area contributed by atoms with Crippen LogP contribution in [0.3, 0.4) is 0 Å². The standard InChI is InChI=1S/C21H34N4O7/c1-20(2,3)31-18(29)23-14-12-15(24-19(30)32-21(4,5)6)16(11-13(14)17(22)28)25(7-9-26)8-10-27/h11-12,26-27H,7-10H2,1-6H3,(H2,22,28)(H,23,29)(H,24,30). The first-order chi connectivity index (χ1) is 14.7. The van der Waals surface area contributed by atoms with E-state index in [9.17, 15) is 24.6 Å². The highest BCUT2D eigenvalue weighted by Crippen LogP contribution is 2.33. The normalized spacial score (nSPS) is 11.5. The summed E-state index contributed by atoms with van der Waals surface area (Å²) >= 11 is 0. The van der Waals surface area contributed by atoms with Crippen LogP contribution in [0.25, 0.3) is 0 Å². The molecule has 6 N–H and O–H groups in total. The molecule has 1 aromatic carbocycles. The molecule has 0 aliphatic rings. The predicted molar refractivity (Wildman–Crippen MR) is 121 cm³/mol. The quantitative estimate of drug-likeness (QED) is 0.399. The van der Waals surface area contributed by atoms with E-state index in [2.05, 4.69) is 10.6 Å². The van der Waals surface area contributed by atoms with Gasteiger partial charge in [-0.25, -0.2) is 9.59 Å². The molecule has 11 heteroatoms. The molecule has 32 heavy (non-hydrogen) atoms. The van der Waals surface area contributed by atoms with Crippen molar-refractivity contribution in [1.29, 1.82) is 0 Å². The summed E-state index contributed by atoms with van der Waals surface area (Å²) in [5, 5.41) is 23.9. The van der Waals surface area contributed by atoms with Crippen LogP contribution in [0.15, 0.2) is 12.1 Å². The van der Waals surface area contributed by atoms with E-state index in [-0.39, 0.29) is 43.2 Å². The SMILES string of the molecule is CC(C)(C)OC(=O)Nc1cc(NC(=O)OC(C)(C)C)c(N(CCO)CCO)cc1C(N)=O. The smallest absolute Gasteiger partial charge is 0.412 e. The fourth-order valence-corrected chi connectivity index (χ4v) is 2.68. The molecular formula is C21H34N4O7. The van der Waals surface area contributed by atoms with Crippen LogP contribution in [0.1, 0.15) is 51.9 Å². The fourth-order valence-electron chi connectivity index (χ4n) is 2.68. The van der Waals surface area contributed by atoms with Crippen molar-refractivity contribution < 1.29 is 34.1 Å². The molecule has 0 saturated heterocycles. The molecule has 0 aliphatic carbocycles. The third-order valence-corrected chi connectivity index (χ3v) is 3.75. The average molecular weight is 455 g/mol. The Balaban J connectivity index is 3.52. The zero-order chi connectivity index (χ0) is 24.7. The molecule has 0 unspecified atom stereocenters. The van der Waals surface area contributed by atoms with E-state index < -0.39 is 29.3 Å². The number of benzene rings is 1. The number of hydrogen-bond donors (Lipinski definition) is 5. The van der Waals surface area contributed by atoms with Crippen molar-refractivity contribution in [1.82, 2.24) is 0 Å². The van der Waals surface area contributed by atoms with E-state index >= 15 is 0 Å². The lowest BCUT2D eigenvalue weighted by molar-refractivity contribution is 0.0625. The summed E-state index contributed by atoms with van der Waals surface area (Å²) < 4.78 is 10.5. The zero-order valence-electron chi connectivity index (χ0n) is 19.4. The zero-order valence-corrected chi connectivity index (χ0v) is 19.4. The third kappa shape index (κ3) is 8.98. The Bertz CT molecular complexity index is 823. The molecule has 180 valence electrons. The summed E-state index contributed by atoms with van der Waals surface area (Å²) in [6, 6.07) is 2.69. The number of amides is 3. The molecule has 3 amide bonds. The van der Waals surface area contributed by atoms with E-state index in [1.165, 1.54) is 12.1 Å². The van der Waals surface area contributed by atoms with Crippen molar-refractivity contribution >= 4 is 35.2 Å². The van der Waals surface area contributed by atoms with E-state index in [4.69, 9.17) is 15.2 Å². The van der Waals surface area contributed by atoms with Crippen molar-refractivity contribution in [2.45, 2.75) is 52.7 Å². The van der Waals surface area contributed by atoms with Gasteiger partial charge in [0.1, 0.15) is 11.2 Å². The van der Waals surface area contributed by atoms with Gasteiger partial charge in [0.05, 0.1) is 35.8 Å². The third-order valence-electron chi connectivity index (χ3n) is 3.75. The van der Waals surface area contributed by atoms with Crippen LogP contribution in [0.5, 0.6) is 0 Å². The van der Waals surface area contributed by atoms with E-state index in [0.717, 1.165) is 0 Å². The minimum Gasteiger partial charge on any atom is -0.444 e. The van der Waals surface area contributed by atoms with Crippen molar-refractivity contribution in [2.24, 2.45) is 5.73 Å². The second-order valence-corrected chi connectivity index (χ2v) is 8.97. The number of carbonyl (C=O) groups is 3. The Hall–Kier alpha value is -3.05. The number of carbonyl (C=O) groups excluding carboxylic acids is 3. The molecular weight excluding hydrogens is 420 g/mol. The highest BCUT2D eigenvalue weighted by Gasteiger charge is 2.24. The maximum Gasteiger partial charge on any atom is 0.412 e. The molecule has 0 aromatic heterocycles. The number of hydrogen-bond acceptors (Lipinski definition) is 8. The summed E-state index contributed by atoms with van der Waals surface area (Å²) in [6.07, 6.45) is -1.60. The Morgan fingerprint density at radius 2 is 1.31 bits per heavy atom. The number of anilines is 3. The first kappa shape index (κ1) is 27.0. The lowest BCUT2D eigenvalue weighted by Crippen LogP contribution is -2.33. The van der Waals surface area contributed by atoms with Crippen LogP contribution >= 0.6 is 0 Å². The van der Waals surface area contributed by atoms with Crippen LogP contribution in [0.2, 0.25) is 0 Å². The van der Waals surface area contributed by atoms with Gasteiger partial charge in [-0.05, 0) is 53.7 Å². The summed E-state index contributed by atoms with van der Waals surface area (Å²) in [5.41, 5.74) is 4.36. The second-order valence-electron chi connectivity index (χ2n) is 8.97. The number of aliphatic hydroxyl groups excluding tert-OH is 2. The number of nitrogens with one attached hydrogen (secondary N) is 2. The number of aliphatic hydroxyl groups is 2. The minimum absolute atomic E-state index is 0.00880. The van der Waals surface area contributed by atoms with Gasteiger partial charge >= 0.3 is 12.2 Å².